The largest absolute Gasteiger partial charge is 0.320 e. The van der Waals surface area contributed by atoms with Crippen LogP contribution in [-0.2, 0) is 0 Å². The van der Waals surface area contributed by atoms with Crippen molar-refractivity contribution >= 4 is 11.6 Å². The molecule has 0 radical (unpaired) electrons. The maximum absolute atomic E-state index is 5.88. The monoisotopic (exact) mass is 193 g/mol. The molecule has 1 aromatic rings. The molecule has 1 nitrogen and oxygen atoms in total. The van der Waals surface area contributed by atoms with Crippen LogP contribution in [0.4, 0.5) is 0 Å². The SMILES string of the molecule is Cc1cc(Cl)cc(C)c1C#CCN. The Kier molecular flexibility index (Phi) is 3.36. The molecule has 0 aromatic heterocycles. The van der Waals surface area contributed by atoms with Gasteiger partial charge in [-0.25, -0.2) is 0 Å². The van der Waals surface area contributed by atoms with E-state index in [0.717, 1.165) is 21.7 Å². The Balaban J connectivity index is 3.21. The number of halogens is 1. The average Bonchev–Trinajstić information content (AvgIpc) is 2.02. The van der Waals surface area contributed by atoms with Gasteiger partial charge in [0.2, 0.25) is 0 Å². The summed E-state index contributed by atoms with van der Waals surface area (Å²) in [6.45, 7) is 4.39. The Hall–Kier alpha value is -0.970. The van der Waals surface area contributed by atoms with Crippen LogP contribution in [0.25, 0.3) is 0 Å². The van der Waals surface area contributed by atoms with Gasteiger partial charge in [0.05, 0.1) is 6.54 Å². The fraction of sp³-hybridized carbons (Fsp3) is 0.273. The van der Waals surface area contributed by atoms with Crippen LogP contribution in [0.5, 0.6) is 0 Å². The summed E-state index contributed by atoms with van der Waals surface area (Å²) in [6, 6.07) is 3.82. The molecule has 1 aromatic carbocycles. The summed E-state index contributed by atoms with van der Waals surface area (Å²) in [5.74, 6) is 5.87. The van der Waals surface area contributed by atoms with E-state index in [1.165, 1.54) is 0 Å². The van der Waals surface area contributed by atoms with Gasteiger partial charge in [-0.3, -0.25) is 0 Å². The van der Waals surface area contributed by atoms with Crippen molar-refractivity contribution in [1.82, 2.24) is 0 Å². The molecule has 0 bridgehead atoms. The summed E-state index contributed by atoms with van der Waals surface area (Å²) < 4.78 is 0. The molecule has 0 aliphatic heterocycles. The van der Waals surface area contributed by atoms with E-state index in [1.807, 2.05) is 26.0 Å². The van der Waals surface area contributed by atoms with E-state index >= 15 is 0 Å². The highest BCUT2D eigenvalue weighted by molar-refractivity contribution is 6.30. The molecule has 13 heavy (non-hydrogen) atoms. The topological polar surface area (TPSA) is 26.0 Å². The van der Waals surface area contributed by atoms with Crippen molar-refractivity contribution in [3.63, 3.8) is 0 Å². The molecular formula is C11H12ClN. The first kappa shape index (κ1) is 10.1. The summed E-state index contributed by atoms with van der Waals surface area (Å²) in [5.41, 5.74) is 8.55. The fourth-order valence-electron chi connectivity index (χ4n) is 1.25. The van der Waals surface area contributed by atoms with Crippen LogP contribution in [0.3, 0.4) is 0 Å². The third-order valence-electron chi connectivity index (χ3n) is 1.81. The van der Waals surface area contributed by atoms with Crippen molar-refractivity contribution in [3.05, 3.63) is 33.8 Å². The van der Waals surface area contributed by atoms with Crippen LogP contribution in [0.2, 0.25) is 5.02 Å². The number of nitrogens with two attached hydrogens (primary N) is 1. The van der Waals surface area contributed by atoms with Gasteiger partial charge in [-0.1, -0.05) is 23.4 Å². The Labute approximate surface area is 83.9 Å². The van der Waals surface area contributed by atoms with Crippen molar-refractivity contribution in [2.75, 3.05) is 6.54 Å². The van der Waals surface area contributed by atoms with Crippen LogP contribution in [0, 0.1) is 25.7 Å². The van der Waals surface area contributed by atoms with E-state index in [0.29, 0.717) is 6.54 Å². The lowest BCUT2D eigenvalue weighted by Gasteiger charge is -2.03. The van der Waals surface area contributed by atoms with Gasteiger partial charge in [-0.15, -0.1) is 0 Å². The zero-order chi connectivity index (χ0) is 9.84. The highest BCUT2D eigenvalue weighted by Crippen LogP contribution is 2.18. The second-order valence-electron chi connectivity index (χ2n) is 2.92. The molecule has 2 heteroatoms. The summed E-state index contributed by atoms with van der Waals surface area (Å²) in [5, 5.41) is 0.758. The summed E-state index contributed by atoms with van der Waals surface area (Å²) in [7, 11) is 0. The fourth-order valence-corrected chi connectivity index (χ4v) is 1.57. The maximum Gasteiger partial charge on any atom is 0.0555 e. The van der Waals surface area contributed by atoms with Gasteiger partial charge in [0, 0.05) is 10.6 Å². The van der Waals surface area contributed by atoms with Crippen LogP contribution in [0.15, 0.2) is 12.1 Å². The van der Waals surface area contributed by atoms with Crippen LogP contribution in [0.1, 0.15) is 16.7 Å². The van der Waals surface area contributed by atoms with E-state index < -0.39 is 0 Å². The van der Waals surface area contributed by atoms with Gasteiger partial charge >= 0.3 is 0 Å². The van der Waals surface area contributed by atoms with Crippen LogP contribution >= 0.6 is 11.6 Å². The number of hydrogen-bond acceptors (Lipinski definition) is 1. The minimum atomic E-state index is 0.390. The molecule has 0 amide bonds. The first-order valence-electron chi connectivity index (χ1n) is 4.11. The Morgan fingerprint density at radius 2 is 1.85 bits per heavy atom. The molecule has 0 heterocycles. The second kappa shape index (κ2) is 4.32. The van der Waals surface area contributed by atoms with Crippen LogP contribution in [-0.4, -0.2) is 6.54 Å². The molecule has 2 N–H and O–H groups in total. The minimum Gasteiger partial charge on any atom is -0.320 e. The zero-order valence-electron chi connectivity index (χ0n) is 7.82. The van der Waals surface area contributed by atoms with E-state index in [1.54, 1.807) is 0 Å². The molecule has 0 aliphatic carbocycles. The number of rotatable bonds is 0. The summed E-state index contributed by atoms with van der Waals surface area (Å²) >= 11 is 5.88. The van der Waals surface area contributed by atoms with Crippen molar-refractivity contribution in [2.24, 2.45) is 5.73 Å². The predicted molar refractivity (Wildman–Crippen MR) is 56.9 cm³/mol. The first-order chi connectivity index (χ1) is 6.15. The summed E-state index contributed by atoms with van der Waals surface area (Å²) in [6.07, 6.45) is 0. The van der Waals surface area contributed by atoms with Gasteiger partial charge in [0.25, 0.3) is 0 Å². The normalized spacial score (nSPS) is 9.23. The van der Waals surface area contributed by atoms with E-state index in [4.69, 9.17) is 17.3 Å². The lowest BCUT2D eigenvalue weighted by molar-refractivity contribution is 1.29. The van der Waals surface area contributed by atoms with Crippen molar-refractivity contribution in [2.45, 2.75) is 13.8 Å². The molecule has 0 saturated heterocycles. The molecule has 1 rings (SSSR count). The Bertz CT molecular complexity index is 348. The zero-order valence-corrected chi connectivity index (χ0v) is 8.57. The highest BCUT2D eigenvalue weighted by Gasteiger charge is 2.00. The maximum atomic E-state index is 5.88. The Morgan fingerprint density at radius 1 is 1.31 bits per heavy atom. The van der Waals surface area contributed by atoms with Gasteiger partial charge in [0.1, 0.15) is 0 Å². The first-order valence-corrected chi connectivity index (χ1v) is 4.48. The Morgan fingerprint density at radius 3 is 2.31 bits per heavy atom. The van der Waals surface area contributed by atoms with E-state index in [-0.39, 0.29) is 0 Å². The summed E-state index contributed by atoms with van der Waals surface area (Å²) in [4.78, 5) is 0. The van der Waals surface area contributed by atoms with Crippen LogP contribution < -0.4 is 5.73 Å². The molecule has 0 fully saturated rings. The molecule has 0 aliphatic rings. The molecule has 68 valence electrons. The lowest BCUT2D eigenvalue weighted by Crippen LogP contribution is -1.94. The van der Waals surface area contributed by atoms with Crippen molar-refractivity contribution in [3.8, 4) is 11.8 Å². The number of benzene rings is 1. The standard InChI is InChI=1S/C11H12ClN/c1-8-6-10(12)7-9(2)11(8)4-3-5-13/h6-7H,5,13H2,1-2H3. The van der Waals surface area contributed by atoms with Gasteiger partial charge in [-0.2, -0.15) is 0 Å². The van der Waals surface area contributed by atoms with E-state index in [2.05, 4.69) is 11.8 Å². The van der Waals surface area contributed by atoms with Gasteiger partial charge < -0.3 is 5.73 Å². The quantitative estimate of drug-likeness (QED) is 0.629. The molecular weight excluding hydrogens is 182 g/mol. The lowest BCUT2D eigenvalue weighted by atomic mass is 10.0. The smallest absolute Gasteiger partial charge is 0.0555 e. The average molecular weight is 194 g/mol. The molecule has 0 atom stereocenters. The molecule has 0 unspecified atom stereocenters. The highest BCUT2D eigenvalue weighted by atomic mass is 35.5. The minimum absolute atomic E-state index is 0.390. The second-order valence-corrected chi connectivity index (χ2v) is 3.36. The van der Waals surface area contributed by atoms with Crippen molar-refractivity contribution in [1.29, 1.82) is 0 Å². The van der Waals surface area contributed by atoms with Gasteiger partial charge in [-0.05, 0) is 37.1 Å². The molecule has 0 spiro atoms. The number of hydrogen-bond donors (Lipinski definition) is 1. The predicted octanol–water partition coefficient (Wildman–Crippen LogP) is 2.27. The van der Waals surface area contributed by atoms with Crippen molar-refractivity contribution < 1.29 is 0 Å². The van der Waals surface area contributed by atoms with E-state index in [9.17, 15) is 0 Å². The van der Waals surface area contributed by atoms with Gasteiger partial charge in [0.15, 0.2) is 0 Å². The third kappa shape index (κ3) is 2.48. The third-order valence-corrected chi connectivity index (χ3v) is 2.03. The molecule has 0 saturated carbocycles. The number of aryl methyl sites for hydroxylation is 2.